The van der Waals surface area contributed by atoms with E-state index in [2.05, 4.69) is 24.5 Å². The second kappa shape index (κ2) is 11.7. The minimum Gasteiger partial charge on any atom is -0.375 e. The Hall–Kier alpha value is -1.83. The van der Waals surface area contributed by atoms with E-state index in [1.807, 2.05) is 49.9 Å². The molecule has 7 nitrogen and oxygen atoms in total. The number of urea groups is 1. The molecular weight excluding hydrogens is 416 g/mol. The lowest BCUT2D eigenvalue weighted by atomic mass is 9.84. The van der Waals surface area contributed by atoms with Crippen LogP contribution in [-0.2, 0) is 11.2 Å². The molecule has 1 aromatic carbocycles. The van der Waals surface area contributed by atoms with Crippen LogP contribution in [0.3, 0.4) is 0 Å². The largest absolute Gasteiger partial charge is 0.375 e. The van der Waals surface area contributed by atoms with Crippen molar-refractivity contribution in [2.75, 3.05) is 19.6 Å². The highest BCUT2D eigenvalue weighted by molar-refractivity contribution is 6.30. The van der Waals surface area contributed by atoms with E-state index in [1.54, 1.807) is 0 Å². The highest BCUT2D eigenvalue weighted by Gasteiger charge is 2.32. The van der Waals surface area contributed by atoms with Crippen LogP contribution in [0.4, 0.5) is 4.79 Å². The number of carbonyl (C=O) groups is 2. The summed E-state index contributed by atoms with van der Waals surface area (Å²) in [6.45, 7) is 12.5. The van der Waals surface area contributed by atoms with Crippen molar-refractivity contribution in [2.45, 2.75) is 66.2 Å². The van der Waals surface area contributed by atoms with Gasteiger partial charge in [0.1, 0.15) is 11.8 Å². The topological polar surface area (TPSA) is 108 Å². The van der Waals surface area contributed by atoms with Crippen molar-refractivity contribution in [1.29, 1.82) is 0 Å². The molecule has 31 heavy (non-hydrogen) atoms. The summed E-state index contributed by atoms with van der Waals surface area (Å²) in [5.74, 6) is -0.217. The summed E-state index contributed by atoms with van der Waals surface area (Å²) in [6.07, 6.45) is 1.61. The number of halogens is 1. The van der Waals surface area contributed by atoms with Gasteiger partial charge < -0.3 is 26.4 Å². The number of nitrogens with two attached hydrogens (primary N) is 1. The standard InChI is InChI=1S/C23H39ClN4O3/c1-7-12-28(15-22(4,5)13-17-8-10-18(24)11-9-17)20(29)19(16(2)3)27-21(30)26-14-23(6,25)31/h8-11,16,19,31H,7,12-15,25H2,1-6H3,(H2,26,27,30). The lowest BCUT2D eigenvalue weighted by Crippen LogP contribution is -2.57. The average Bonchev–Trinajstić information content (AvgIpc) is 2.64. The van der Waals surface area contributed by atoms with Crippen LogP contribution in [0, 0.1) is 11.3 Å². The fourth-order valence-corrected chi connectivity index (χ4v) is 3.55. The zero-order chi connectivity index (χ0) is 23.8. The van der Waals surface area contributed by atoms with Crippen LogP contribution >= 0.6 is 11.6 Å². The van der Waals surface area contributed by atoms with Gasteiger partial charge in [-0.25, -0.2) is 4.79 Å². The van der Waals surface area contributed by atoms with E-state index in [0.717, 1.165) is 18.4 Å². The minimum absolute atomic E-state index is 0.102. The molecule has 0 spiro atoms. The van der Waals surface area contributed by atoms with E-state index in [-0.39, 0.29) is 23.8 Å². The molecule has 3 amide bonds. The van der Waals surface area contributed by atoms with E-state index in [0.29, 0.717) is 18.1 Å². The first kappa shape index (κ1) is 27.2. The molecule has 2 atom stereocenters. The Labute approximate surface area is 191 Å². The summed E-state index contributed by atoms with van der Waals surface area (Å²) in [5, 5.41) is 15.6. The fourth-order valence-electron chi connectivity index (χ4n) is 3.43. The lowest BCUT2D eigenvalue weighted by Gasteiger charge is -2.36. The first-order chi connectivity index (χ1) is 14.2. The second-order valence-corrected chi connectivity index (χ2v) is 10.1. The smallest absolute Gasteiger partial charge is 0.315 e. The predicted molar refractivity (Wildman–Crippen MR) is 126 cm³/mol. The summed E-state index contributed by atoms with van der Waals surface area (Å²) in [5.41, 5.74) is 4.97. The van der Waals surface area contributed by atoms with Crippen molar-refractivity contribution in [3.05, 3.63) is 34.9 Å². The molecule has 0 aromatic heterocycles. The van der Waals surface area contributed by atoms with Crippen LogP contribution in [0.2, 0.25) is 5.02 Å². The molecule has 0 saturated carbocycles. The number of nitrogens with one attached hydrogen (secondary N) is 2. The SMILES string of the molecule is CCCN(CC(C)(C)Cc1ccc(Cl)cc1)C(=O)C(NC(=O)NCC(C)(N)O)C(C)C. The van der Waals surface area contributed by atoms with Crippen LogP contribution in [0.5, 0.6) is 0 Å². The van der Waals surface area contributed by atoms with Gasteiger partial charge in [0.05, 0.1) is 6.54 Å². The molecule has 8 heteroatoms. The van der Waals surface area contributed by atoms with E-state index in [9.17, 15) is 14.7 Å². The third-order valence-corrected chi connectivity index (χ3v) is 5.10. The Bertz CT molecular complexity index is 715. The van der Waals surface area contributed by atoms with Crippen molar-refractivity contribution in [3.8, 4) is 0 Å². The van der Waals surface area contributed by atoms with Crippen LogP contribution in [-0.4, -0.2) is 53.3 Å². The summed E-state index contributed by atoms with van der Waals surface area (Å²) >= 11 is 5.99. The first-order valence-corrected chi connectivity index (χ1v) is 11.2. The normalized spacial score (nSPS) is 14.6. The highest BCUT2D eigenvalue weighted by atomic mass is 35.5. The summed E-state index contributed by atoms with van der Waals surface area (Å²) in [4.78, 5) is 27.5. The highest BCUT2D eigenvalue weighted by Crippen LogP contribution is 2.25. The fraction of sp³-hybridized carbons (Fsp3) is 0.652. The molecule has 176 valence electrons. The Morgan fingerprint density at radius 3 is 2.26 bits per heavy atom. The summed E-state index contributed by atoms with van der Waals surface area (Å²) in [6, 6.07) is 6.54. The van der Waals surface area contributed by atoms with Crippen LogP contribution in [0.25, 0.3) is 0 Å². The monoisotopic (exact) mass is 454 g/mol. The van der Waals surface area contributed by atoms with Gasteiger partial charge in [0.25, 0.3) is 0 Å². The molecule has 5 N–H and O–H groups in total. The number of amides is 3. The van der Waals surface area contributed by atoms with Gasteiger partial charge in [0.15, 0.2) is 0 Å². The summed E-state index contributed by atoms with van der Waals surface area (Å²) < 4.78 is 0. The molecule has 0 saturated heterocycles. The molecule has 0 bridgehead atoms. The molecule has 0 fully saturated rings. The maximum Gasteiger partial charge on any atom is 0.315 e. The molecule has 0 aliphatic heterocycles. The Morgan fingerprint density at radius 2 is 1.77 bits per heavy atom. The van der Waals surface area contributed by atoms with Crippen LogP contribution in [0.1, 0.15) is 53.5 Å². The van der Waals surface area contributed by atoms with Crippen molar-refractivity contribution < 1.29 is 14.7 Å². The van der Waals surface area contributed by atoms with Gasteiger partial charge in [-0.05, 0) is 48.8 Å². The minimum atomic E-state index is -1.52. The van der Waals surface area contributed by atoms with Gasteiger partial charge in [-0.2, -0.15) is 0 Å². The number of nitrogens with zero attached hydrogens (tertiary/aromatic N) is 1. The molecule has 1 aromatic rings. The van der Waals surface area contributed by atoms with E-state index < -0.39 is 17.8 Å². The maximum atomic E-state index is 13.4. The maximum absolute atomic E-state index is 13.4. The number of hydrogen-bond acceptors (Lipinski definition) is 4. The van der Waals surface area contributed by atoms with Gasteiger partial charge in [-0.15, -0.1) is 0 Å². The van der Waals surface area contributed by atoms with E-state index in [1.165, 1.54) is 6.92 Å². The molecule has 0 aliphatic carbocycles. The van der Waals surface area contributed by atoms with Gasteiger partial charge in [-0.1, -0.05) is 58.4 Å². The van der Waals surface area contributed by atoms with E-state index in [4.69, 9.17) is 17.3 Å². The predicted octanol–water partition coefficient (Wildman–Crippen LogP) is 3.14. The molecule has 0 aliphatic rings. The molecule has 0 radical (unpaired) electrons. The summed E-state index contributed by atoms with van der Waals surface area (Å²) in [7, 11) is 0. The van der Waals surface area contributed by atoms with Crippen molar-refractivity contribution in [2.24, 2.45) is 17.1 Å². The van der Waals surface area contributed by atoms with Gasteiger partial charge in [0, 0.05) is 18.1 Å². The second-order valence-electron chi connectivity index (χ2n) is 9.63. The Kier molecular flexibility index (Phi) is 10.3. The zero-order valence-electron chi connectivity index (χ0n) is 19.7. The first-order valence-electron chi connectivity index (χ1n) is 10.8. The zero-order valence-corrected chi connectivity index (χ0v) is 20.4. The van der Waals surface area contributed by atoms with Crippen molar-refractivity contribution in [1.82, 2.24) is 15.5 Å². The molecule has 2 unspecified atom stereocenters. The number of carbonyl (C=O) groups excluding carboxylic acids is 2. The van der Waals surface area contributed by atoms with Gasteiger partial charge in [0.2, 0.25) is 5.91 Å². The van der Waals surface area contributed by atoms with Crippen molar-refractivity contribution in [3.63, 3.8) is 0 Å². The number of aliphatic hydroxyl groups is 1. The molecule has 0 heterocycles. The molecular formula is C23H39ClN4O3. The molecule has 1 rings (SSSR count). The Balaban J connectivity index is 2.89. The quantitative estimate of drug-likeness (QED) is 0.385. The van der Waals surface area contributed by atoms with Gasteiger partial charge >= 0.3 is 6.03 Å². The average molecular weight is 455 g/mol. The number of hydrogen-bond donors (Lipinski definition) is 4. The third-order valence-electron chi connectivity index (χ3n) is 4.85. The van der Waals surface area contributed by atoms with Crippen LogP contribution < -0.4 is 16.4 Å². The third kappa shape index (κ3) is 10.4. The van der Waals surface area contributed by atoms with Crippen LogP contribution in [0.15, 0.2) is 24.3 Å². The lowest BCUT2D eigenvalue weighted by molar-refractivity contribution is -0.135. The Morgan fingerprint density at radius 1 is 1.19 bits per heavy atom. The van der Waals surface area contributed by atoms with Crippen molar-refractivity contribution >= 4 is 23.5 Å². The van der Waals surface area contributed by atoms with Gasteiger partial charge in [-0.3, -0.25) is 4.79 Å². The number of benzene rings is 1. The van der Waals surface area contributed by atoms with E-state index >= 15 is 0 Å². The number of rotatable bonds is 11.